The molecule has 0 amide bonds. The number of aryl methyl sites for hydroxylation is 1. The molecule has 0 fully saturated rings. The number of hydrogen-bond acceptors (Lipinski definition) is 2. The molecule has 0 bridgehead atoms. The standard InChI is InChI=1S/C16H12N2O/c17-11-12-7-8-13-4-3-5-15(14(13)10-12)18-9-2-1-6-16(18)19/h1-2,5-10H,3-4H2. The minimum Gasteiger partial charge on any atom is -0.284 e. The van der Waals surface area contributed by atoms with E-state index in [4.69, 9.17) is 5.26 Å². The monoisotopic (exact) mass is 248 g/mol. The van der Waals surface area contributed by atoms with E-state index in [0.29, 0.717) is 5.56 Å². The number of nitrogens with zero attached hydrogens (tertiary/aromatic N) is 2. The molecule has 92 valence electrons. The van der Waals surface area contributed by atoms with Gasteiger partial charge in [0.25, 0.3) is 5.56 Å². The molecule has 0 atom stereocenters. The van der Waals surface area contributed by atoms with Gasteiger partial charge in [-0.1, -0.05) is 18.2 Å². The Bertz CT molecular complexity index is 763. The number of allylic oxidation sites excluding steroid dienone is 1. The molecule has 0 radical (unpaired) electrons. The number of fused-ring (bicyclic) bond motifs is 1. The number of aromatic nitrogens is 1. The SMILES string of the molecule is N#Cc1ccc2c(c1)C(n1ccccc1=O)=CCC2. The molecule has 1 aliphatic rings. The normalized spacial score (nSPS) is 13.3. The summed E-state index contributed by atoms with van der Waals surface area (Å²) in [5, 5.41) is 9.01. The zero-order valence-corrected chi connectivity index (χ0v) is 10.3. The molecular weight excluding hydrogens is 236 g/mol. The van der Waals surface area contributed by atoms with Crippen molar-refractivity contribution in [3.8, 4) is 6.07 Å². The van der Waals surface area contributed by atoms with Crippen molar-refractivity contribution in [3.63, 3.8) is 0 Å². The van der Waals surface area contributed by atoms with Crippen LogP contribution in [0.4, 0.5) is 0 Å². The van der Waals surface area contributed by atoms with Crippen molar-refractivity contribution in [2.24, 2.45) is 0 Å². The highest BCUT2D eigenvalue weighted by Gasteiger charge is 2.15. The summed E-state index contributed by atoms with van der Waals surface area (Å²) in [4.78, 5) is 11.9. The predicted molar refractivity (Wildman–Crippen MR) is 73.6 cm³/mol. The molecule has 0 N–H and O–H groups in total. The molecule has 1 aliphatic carbocycles. The van der Waals surface area contributed by atoms with Crippen LogP contribution in [-0.4, -0.2) is 4.57 Å². The van der Waals surface area contributed by atoms with E-state index in [0.717, 1.165) is 24.1 Å². The second kappa shape index (κ2) is 4.58. The first-order chi connectivity index (χ1) is 9.29. The van der Waals surface area contributed by atoms with E-state index in [-0.39, 0.29) is 5.56 Å². The lowest BCUT2D eigenvalue weighted by Gasteiger charge is -2.19. The Morgan fingerprint density at radius 2 is 2.11 bits per heavy atom. The molecule has 0 spiro atoms. The third kappa shape index (κ3) is 1.98. The highest BCUT2D eigenvalue weighted by molar-refractivity contribution is 5.71. The van der Waals surface area contributed by atoms with Crippen LogP contribution in [0.5, 0.6) is 0 Å². The van der Waals surface area contributed by atoms with Crippen molar-refractivity contribution in [1.82, 2.24) is 4.57 Å². The van der Waals surface area contributed by atoms with Crippen LogP contribution in [0.15, 0.2) is 53.5 Å². The Morgan fingerprint density at radius 3 is 2.89 bits per heavy atom. The molecule has 19 heavy (non-hydrogen) atoms. The van der Waals surface area contributed by atoms with Crippen LogP contribution < -0.4 is 5.56 Å². The fraction of sp³-hybridized carbons (Fsp3) is 0.125. The van der Waals surface area contributed by atoms with Gasteiger partial charge in [-0.15, -0.1) is 0 Å². The number of rotatable bonds is 1. The van der Waals surface area contributed by atoms with Crippen LogP contribution in [0.1, 0.15) is 23.1 Å². The van der Waals surface area contributed by atoms with E-state index < -0.39 is 0 Å². The van der Waals surface area contributed by atoms with Gasteiger partial charge in [0, 0.05) is 17.8 Å². The smallest absolute Gasteiger partial charge is 0.255 e. The fourth-order valence-electron chi connectivity index (χ4n) is 2.43. The maximum atomic E-state index is 11.9. The van der Waals surface area contributed by atoms with Gasteiger partial charge in [-0.2, -0.15) is 5.26 Å². The van der Waals surface area contributed by atoms with Gasteiger partial charge in [0.1, 0.15) is 0 Å². The first-order valence-corrected chi connectivity index (χ1v) is 6.21. The Balaban J connectivity index is 2.21. The van der Waals surface area contributed by atoms with Gasteiger partial charge in [0.2, 0.25) is 0 Å². The van der Waals surface area contributed by atoms with Crippen LogP contribution in [0.2, 0.25) is 0 Å². The van der Waals surface area contributed by atoms with Gasteiger partial charge in [-0.25, -0.2) is 0 Å². The van der Waals surface area contributed by atoms with Crippen molar-refractivity contribution < 1.29 is 0 Å². The van der Waals surface area contributed by atoms with Gasteiger partial charge < -0.3 is 0 Å². The molecule has 3 nitrogen and oxygen atoms in total. The van der Waals surface area contributed by atoms with Crippen molar-refractivity contribution in [3.05, 3.63) is 75.7 Å². The summed E-state index contributed by atoms with van der Waals surface area (Å²) < 4.78 is 1.64. The Morgan fingerprint density at radius 1 is 1.21 bits per heavy atom. The molecule has 1 heterocycles. The maximum absolute atomic E-state index is 11.9. The largest absolute Gasteiger partial charge is 0.284 e. The van der Waals surface area contributed by atoms with Gasteiger partial charge in [0.15, 0.2) is 0 Å². The van der Waals surface area contributed by atoms with Crippen molar-refractivity contribution in [1.29, 1.82) is 5.26 Å². The Hall–Kier alpha value is -2.60. The minimum absolute atomic E-state index is 0.0519. The van der Waals surface area contributed by atoms with Crippen LogP contribution >= 0.6 is 0 Å². The third-order valence-electron chi connectivity index (χ3n) is 3.35. The van der Waals surface area contributed by atoms with Gasteiger partial charge in [0.05, 0.1) is 17.3 Å². The quantitative estimate of drug-likeness (QED) is 0.778. The molecule has 2 aromatic rings. The number of hydrogen-bond donors (Lipinski definition) is 0. The van der Waals surface area contributed by atoms with Crippen LogP contribution in [0.3, 0.4) is 0 Å². The van der Waals surface area contributed by atoms with E-state index in [2.05, 4.69) is 12.1 Å². The number of pyridine rings is 1. The van der Waals surface area contributed by atoms with Crippen molar-refractivity contribution >= 4 is 5.70 Å². The summed E-state index contributed by atoms with van der Waals surface area (Å²) in [6.07, 6.45) is 5.69. The lowest BCUT2D eigenvalue weighted by atomic mass is 9.93. The van der Waals surface area contributed by atoms with E-state index in [1.165, 1.54) is 5.56 Å². The number of benzene rings is 1. The van der Waals surface area contributed by atoms with Gasteiger partial charge in [-0.3, -0.25) is 9.36 Å². The van der Waals surface area contributed by atoms with E-state index >= 15 is 0 Å². The summed E-state index contributed by atoms with van der Waals surface area (Å²) >= 11 is 0. The topological polar surface area (TPSA) is 45.8 Å². The summed E-state index contributed by atoms with van der Waals surface area (Å²) in [5.74, 6) is 0. The zero-order chi connectivity index (χ0) is 13.2. The first kappa shape index (κ1) is 11.5. The van der Waals surface area contributed by atoms with Gasteiger partial charge in [-0.05, 0) is 36.6 Å². The van der Waals surface area contributed by atoms with E-state index in [9.17, 15) is 4.79 Å². The molecule has 0 aliphatic heterocycles. The second-order valence-electron chi connectivity index (χ2n) is 4.52. The molecule has 0 saturated heterocycles. The zero-order valence-electron chi connectivity index (χ0n) is 10.3. The van der Waals surface area contributed by atoms with E-state index in [1.54, 1.807) is 22.9 Å². The fourth-order valence-corrected chi connectivity index (χ4v) is 2.43. The van der Waals surface area contributed by atoms with Crippen LogP contribution in [0, 0.1) is 11.3 Å². The lowest BCUT2D eigenvalue weighted by Crippen LogP contribution is -2.19. The molecule has 3 rings (SSSR count). The van der Waals surface area contributed by atoms with Crippen molar-refractivity contribution in [2.45, 2.75) is 12.8 Å². The molecule has 1 aromatic carbocycles. The highest BCUT2D eigenvalue weighted by Crippen LogP contribution is 2.27. The first-order valence-electron chi connectivity index (χ1n) is 6.21. The Labute approximate surface area is 111 Å². The molecule has 1 aromatic heterocycles. The summed E-state index contributed by atoms with van der Waals surface area (Å²) in [5.41, 5.74) is 3.62. The maximum Gasteiger partial charge on any atom is 0.255 e. The summed E-state index contributed by atoms with van der Waals surface area (Å²) in [6, 6.07) is 12.9. The van der Waals surface area contributed by atoms with E-state index in [1.807, 2.05) is 24.3 Å². The minimum atomic E-state index is -0.0519. The second-order valence-corrected chi connectivity index (χ2v) is 4.52. The lowest BCUT2D eigenvalue weighted by molar-refractivity contribution is 0.924. The summed E-state index contributed by atoms with van der Waals surface area (Å²) in [6.45, 7) is 0. The third-order valence-corrected chi connectivity index (χ3v) is 3.35. The van der Waals surface area contributed by atoms with Crippen LogP contribution in [-0.2, 0) is 6.42 Å². The molecule has 3 heteroatoms. The van der Waals surface area contributed by atoms with Gasteiger partial charge >= 0.3 is 0 Å². The average molecular weight is 248 g/mol. The molecular formula is C16H12N2O. The predicted octanol–water partition coefficient (Wildman–Crippen LogP) is 2.56. The Kier molecular flexibility index (Phi) is 2.77. The molecule has 0 saturated carbocycles. The van der Waals surface area contributed by atoms with Crippen LogP contribution in [0.25, 0.3) is 5.70 Å². The number of nitriles is 1. The van der Waals surface area contributed by atoms with Crippen molar-refractivity contribution in [2.75, 3.05) is 0 Å². The highest BCUT2D eigenvalue weighted by atomic mass is 16.1. The molecule has 0 unspecified atom stereocenters. The summed E-state index contributed by atoms with van der Waals surface area (Å²) in [7, 11) is 0. The average Bonchev–Trinajstić information content (AvgIpc) is 2.47.